The number of hydrogen-bond donors (Lipinski definition) is 1. The van der Waals surface area contributed by atoms with E-state index in [-0.39, 0.29) is 0 Å². The lowest BCUT2D eigenvalue weighted by atomic mass is 10.0. The third kappa shape index (κ3) is 6.95. The number of nitrogens with one attached hydrogen (secondary N) is 1. The van der Waals surface area contributed by atoms with Crippen LogP contribution in [0.15, 0.2) is 42.6 Å². The summed E-state index contributed by atoms with van der Waals surface area (Å²) in [6.45, 7) is 2.47. The third-order valence-corrected chi connectivity index (χ3v) is 7.92. The zero-order chi connectivity index (χ0) is 27.4. The maximum atomic E-state index is 13.3. The highest BCUT2D eigenvalue weighted by molar-refractivity contribution is 7.19. The van der Waals surface area contributed by atoms with Gasteiger partial charge in [-0.1, -0.05) is 6.07 Å². The Balaban J connectivity index is 1.42. The first-order valence-corrected chi connectivity index (χ1v) is 13.5. The number of likely N-dealkylation sites (tertiary alicyclic amines) is 1. The summed E-state index contributed by atoms with van der Waals surface area (Å²) in [5.74, 6) is -2.60. The summed E-state index contributed by atoms with van der Waals surface area (Å²) in [4.78, 5) is 30.6. The minimum Gasteiger partial charge on any atom is -0.347 e. The molecule has 11 heteroatoms. The second-order valence-corrected chi connectivity index (χ2v) is 11.2. The van der Waals surface area contributed by atoms with Crippen molar-refractivity contribution in [3.63, 3.8) is 0 Å². The first kappa shape index (κ1) is 28.1. The summed E-state index contributed by atoms with van der Waals surface area (Å²) in [7, 11) is 6.00. The zero-order valence-electron chi connectivity index (χ0n) is 21.9. The maximum Gasteiger partial charge on any atom is 0.471 e. The molecule has 1 aromatic carbocycles. The molecule has 1 saturated heterocycles. The number of alkyl halides is 3. The number of amides is 2. The fourth-order valence-corrected chi connectivity index (χ4v) is 5.75. The normalized spacial score (nSPS) is 15.3. The highest BCUT2D eigenvalue weighted by atomic mass is 32.1. The Morgan fingerprint density at radius 2 is 1.84 bits per heavy atom. The number of hydrogen-bond acceptors (Lipinski definition) is 5. The molecule has 3 heterocycles. The summed E-state index contributed by atoms with van der Waals surface area (Å²) in [6, 6.07) is 11.3. The topological polar surface area (TPSA) is 60.8 Å². The van der Waals surface area contributed by atoms with Crippen molar-refractivity contribution in [3.8, 4) is 10.4 Å². The number of aryl methyl sites for hydroxylation is 1. The molecular weight excluding hydrogens is 515 g/mol. The number of halogens is 3. The van der Waals surface area contributed by atoms with Crippen molar-refractivity contribution in [2.75, 3.05) is 52.6 Å². The maximum absolute atomic E-state index is 13.3. The summed E-state index contributed by atoms with van der Waals surface area (Å²) < 4.78 is 42.0. The van der Waals surface area contributed by atoms with Gasteiger partial charge in [0, 0.05) is 34.6 Å². The molecule has 1 fully saturated rings. The average Bonchev–Trinajstić information content (AvgIpc) is 3.49. The van der Waals surface area contributed by atoms with Crippen LogP contribution < -0.4 is 5.32 Å². The van der Waals surface area contributed by atoms with Crippen LogP contribution in [-0.4, -0.2) is 90.6 Å². The summed E-state index contributed by atoms with van der Waals surface area (Å²) in [5, 5.41) is 4.33. The van der Waals surface area contributed by atoms with E-state index in [1.165, 1.54) is 11.3 Å². The first-order chi connectivity index (χ1) is 18.0. The molecule has 4 rings (SSSR count). The molecule has 0 saturated carbocycles. The lowest BCUT2D eigenvalue weighted by Gasteiger charge is -2.37. The van der Waals surface area contributed by atoms with Gasteiger partial charge in [-0.15, -0.1) is 11.3 Å². The second kappa shape index (κ2) is 11.9. The first-order valence-electron chi connectivity index (χ1n) is 12.7. The predicted octanol–water partition coefficient (Wildman–Crippen LogP) is 4.75. The molecule has 2 amide bonds. The van der Waals surface area contributed by atoms with Crippen molar-refractivity contribution in [1.82, 2.24) is 19.3 Å². The molecule has 0 aliphatic carbocycles. The molecule has 3 aromatic rings. The van der Waals surface area contributed by atoms with E-state index in [2.05, 4.69) is 53.3 Å². The van der Waals surface area contributed by atoms with E-state index in [4.69, 9.17) is 0 Å². The van der Waals surface area contributed by atoms with Gasteiger partial charge in [0.25, 0.3) is 0 Å². The van der Waals surface area contributed by atoms with Gasteiger partial charge in [-0.2, -0.15) is 13.2 Å². The smallest absolute Gasteiger partial charge is 0.347 e. The molecule has 1 N–H and O–H groups in total. The predicted molar refractivity (Wildman–Crippen MR) is 145 cm³/mol. The van der Waals surface area contributed by atoms with Crippen molar-refractivity contribution in [3.05, 3.63) is 42.6 Å². The lowest BCUT2D eigenvalue weighted by molar-refractivity contribution is -0.188. The fourth-order valence-electron chi connectivity index (χ4n) is 4.83. The highest BCUT2D eigenvalue weighted by Crippen LogP contribution is 2.33. The molecule has 0 bridgehead atoms. The van der Waals surface area contributed by atoms with Gasteiger partial charge in [0.15, 0.2) is 0 Å². The van der Waals surface area contributed by atoms with Crippen LogP contribution in [0.4, 0.5) is 18.2 Å². The monoisotopic (exact) mass is 549 g/mol. The Morgan fingerprint density at radius 3 is 2.53 bits per heavy atom. The number of fused-ring (bicyclic) bond motifs is 1. The molecule has 0 unspecified atom stereocenters. The van der Waals surface area contributed by atoms with Crippen LogP contribution in [0.2, 0.25) is 0 Å². The van der Waals surface area contributed by atoms with Crippen LogP contribution in [0, 0.1) is 0 Å². The number of rotatable bonds is 9. The molecular formula is C27H34F3N5O2S. The summed E-state index contributed by atoms with van der Waals surface area (Å²) in [6.07, 6.45) is -1.09. The molecule has 0 atom stereocenters. The summed E-state index contributed by atoms with van der Waals surface area (Å²) in [5.41, 5.74) is 2.15. The SMILES string of the molecule is CN(C)CCCn1ccc2cc(-c3ccc(NC(=O)CN(C(=O)C(F)(F)F)C4CCN(C)CC4)s3)ccc21. The van der Waals surface area contributed by atoms with Crippen molar-refractivity contribution < 1.29 is 22.8 Å². The second-order valence-electron chi connectivity index (χ2n) is 10.1. The lowest BCUT2D eigenvalue weighted by Crippen LogP contribution is -2.53. The van der Waals surface area contributed by atoms with Gasteiger partial charge in [0.05, 0.1) is 5.00 Å². The number of carbonyl (C=O) groups is 2. The fraction of sp³-hybridized carbons (Fsp3) is 0.481. The molecule has 38 heavy (non-hydrogen) atoms. The minimum absolute atomic E-state index is 0.397. The van der Waals surface area contributed by atoms with Gasteiger partial charge in [0.1, 0.15) is 6.54 Å². The van der Waals surface area contributed by atoms with E-state index in [0.717, 1.165) is 40.9 Å². The average molecular weight is 550 g/mol. The van der Waals surface area contributed by atoms with Gasteiger partial charge in [0.2, 0.25) is 5.91 Å². The van der Waals surface area contributed by atoms with Crippen molar-refractivity contribution in [1.29, 1.82) is 0 Å². The van der Waals surface area contributed by atoms with Crippen LogP contribution in [0.1, 0.15) is 19.3 Å². The number of aromatic nitrogens is 1. The largest absolute Gasteiger partial charge is 0.471 e. The van der Waals surface area contributed by atoms with Gasteiger partial charge in [-0.3, -0.25) is 9.59 Å². The number of anilines is 1. The van der Waals surface area contributed by atoms with Crippen molar-refractivity contribution >= 4 is 39.1 Å². The number of carbonyl (C=O) groups excluding carboxylic acids is 2. The minimum atomic E-state index is -5.02. The number of benzene rings is 1. The molecule has 0 radical (unpaired) electrons. The van der Waals surface area contributed by atoms with Gasteiger partial charge in [-0.05, 0) is 95.9 Å². The summed E-state index contributed by atoms with van der Waals surface area (Å²) >= 11 is 1.35. The van der Waals surface area contributed by atoms with Crippen LogP contribution in [0.3, 0.4) is 0 Å². The molecule has 7 nitrogen and oxygen atoms in total. The van der Waals surface area contributed by atoms with Crippen LogP contribution in [-0.2, 0) is 16.1 Å². The Kier molecular flexibility index (Phi) is 8.79. The molecule has 0 spiro atoms. The van der Waals surface area contributed by atoms with Crippen molar-refractivity contribution in [2.45, 2.75) is 38.0 Å². The number of nitrogens with zero attached hydrogens (tertiary/aromatic N) is 4. The Labute approximate surface area is 224 Å². The van der Waals surface area contributed by atoms with Crippen LogP contribution in [0.25, 0.3) is 21.3 Å². The van der Waals surface area contributed by atoms with E-state index in [0.29, 0.717) is 35.8 Å². The molecule has 1 aliphatic rings. The quantitative estimate of drug-likeness (QED) is 0.419. The van der Waals surface area contributed by atoms with E-state index < -0.39 is 30.6 Å². The van der Waals surface area contributed by atoms with Gasteiger partial charge in [-0.25, -0.2) is 0 Å². The Morgan fingerprint density at radius 1 is 1.11 bits per heavy atom. The van der Waals surface area contributed by atoms with Crippen LogP contribution in [0.5, 0.6) is 0 Å². The highest BCUT2D eigenvalue weighted by Gasteiger charge is 2.45. The van der Waals surface area contributed by atoms with Crippen LogP contribution >= 0.6 is 11.3 Å². The van der Waals surface area contributed by atoms with Crippen molar-refractivity contribution in [2.24, 2.45) is 0 Å². The Hall–Kier alpha value is -2.89. The van der Waals surface area contributed by atoms with Gasteiger partial charge >= 0.3 is 12.1 Å². The standard InChI is InChI=1S/C27H34F3N5O2S/c1-32(2)12-4-13-34-16-9-19-17-20(5-6-22(19)34)23-7-8-25(38-23)31-24(36)18-35(26(37)27(28,29)30)21-10-14-33(3)15-11-21/h5-9,16-17,21H,4,10-15,18H2,1-3H3,(H,31,36). The van der Waals surface area contributed by atoms with E-state index in [1.54, 1.807) is 6.07 Å². The number of thiophene rings is 1. The zero-order valence-corrected chi connectivity index (χ0v) is 22.7. The van der Waals surface area contributed by atoms with E-state index >= 15 is 0 Å². The van der Waals surface area contributed by atoms with E-state index in [1.807, 2.05) is 24.1 Å². The van der Waals surface area contributed by atoms with Gasteiger partial charge < -0.3 is 24.6 Å². The Bertz CT molecular complexity index is 1260. The van der Waals surface area contributed by atoms with E-state index in [9.17, 15) is 22.8 Å². The molecule has 2 aromatic heterocycles. The number of piperidine rings is 1. The molecule has 206 valence electrons. The molecule has 1 aliphatic heterocycles. The third-order valence-electron chi connectivity index (χ3n) is 6.87.